The monoisotopic (exact) mass is 187 g/mol. The summed E-state index contributed by atoms with van der Waals surface area (Å²) in [6.45, 7) is 5.55. The van der Waals surface area contributed by atoms with Gasteiger partial charge in [-0.3, -0.25) is 0 Å². The molecule has 0 amide bonds. The SMILES string of the molecule is C=C/C(C)=C\C(Br)=C/N. The smallest absolute Gasteiger partial charge is 0.0332 e. The van der Waals surface area contributed by atoms with Crippen LogP contribution in [0.2, 0.25) is 0 Å². The van der Waals surface area contributed by atoms with Gasteiger partial charge in [-0.05, 0) is 28.9 Å². The lowest BCUT2D eigenvalue weighted by molar-refractivity contribution is 1.50. The molecule has 0 saturated heterocycles. The fraction of sp³-hybridized carbons (Fsp3) is 0.143. The van der Waals surface area contributed by atoms with Crippen molar-refractivity contribution in [1.29, 1.82) is 0 Å². The molecule has 0 bridgehead atoms. The predicted molar refractivity (Wildman–Crippen MR) is 45.2 cm³/mol. The summed E-state index contributed by atoms with van der Waals surface area (Å²) < 4.78 is 0.875. The highest BCUT2D eigenvalue weighted by molar-refractivity contribution is 9.11. The summed E-state index contributed by atoms with van der Waals surface area (Å²) in [6.07, 6.45) is 5.16. The first-order valence-corrected chi connectivity index (χ1v) is 3.38. The Morgan fingerprint density at radius 3 is 2.56 bits per heavy atom. The highest BCUT2D eigenvalue weighted by atomic mass is 79.9. The second kappa shape index (κ2) is 4.39. The third kappa shape index (κ3) is 4.03. The Labute approximate surface area is 64.1 Å². The molecule has 0 aromatic rings. The van der Waals surface area contributed by atoms with Crippen LogP contribution >= 0.6 is 15.9 Å². The van der Waals surface area contributed by atoms with Crippen molar-refractivity contribution in [3.05, 3.63) is 35.0 Å². The maximum absolute atomic E-state index is 5.19. The van der Waals surface area contributed by atoms with E-state index in [1.807, 2.05) is 13.0 Å². The molecule has 0 aliphatic carbocycles. The van der Waals surface area contributed by atoms with Gasteiger partial charge in [0.2, 0.25) is 0 Å². The first kappa shape index (κ1) is 8.50. The maximum Gasteiger partial charge on any atom is 0.0332 e. The Balaban J connectivity index is 4.11. The zero-order valence-corrected chi connectivity index (χ0v) is 6.98. The van der Waals surface area contributed by atoms with Crippen molar-refractivity contribution >= 4 is 15.9 Å². The van der Waals surface area contributed by atoms with E-state index in [0.29, 0.717) is 0 Å². The normalized spacial score (nSPS) is 13.6. The van der Waals surface area contributed by atoms with E-state index in [0.717, 1.165) is 10.1 Å². The summed E-state index contributed by atoms with van der Waals surface area (Å²) in [4.78, 5) is 0. The molecule has 50 valence electrons. The van der Waals surface area contributed by atoms with Gasteiger partial charge in [-0.15, -0.1) is 0 Å². The largest absolute Gasteiger partial charge is 0.404 e. The minimum absolute atomic E-state index is 0.875. The van der Waals surface area contributed by atoms with E-state index in [1.165, 1.54) is 6.20 Å². The van der Waals surface area contributed by atoms with E-state index in [9.17, 15) is 0 Å². The summed E-state index contributed by atoms with van der Waals surface area (Å²) in [7, 11) is 0. The Hall–Kier alpha value is -0.500. The van der Waals surface area contributed by atoms with Gasteiger partial charge in [0.25, 0.3) is 0 Å². The quantitative estimate of drug-likeness (QED) is 0.661. The molecule has 0 aliphatic rings. The van der Waals surface area contributed by atoms with Gasteiger partial charge in [0.1, 0.15) is 0 Å². The summed E-state index contributed by atoms with van der Waals surface area (Å²) in [6, 6.07) is 0. The summed E-state index contributed by atoms with van der Waals surface area (Å²) in [5.74, 6) is 0. The molecular weight excluding hydrogens is 178 g/mol. The van der Waals surface area contributed by atoms with E-state index < -0.39 is 0 Å². The van der Waals surface area contributed by atoms with E-state index >= 15 is 0 Å². The van der Waals surface area contributed by atoms with E-state index in [4.69, 9.17) is 5.73 Å². The first-order chi connectivity index (χ1) is 4.20. The Morgan fingerprint density at radius 2 is 2.22 bits per heavy atom. The summed E-state index contributed by atoms with van der Waals surface area (Å²) in [5.41, 5.74) is 6.27. The van der Waals surface area contributed by atoms with Crippen LogP contribution in [0.3, 0.4) is 0 Å². The molecule has 0 fully saturated rings. The van der Waals surface area contributed by atoms with Crippen molar-refractivity contribution in [3.63, 3.8) is 0 Å². The van der Waals surface area contributed by atoms with E-state index in [2.05, 4.69) is 22.5 Å². The number of allylic oxidation sites excluding steroid dienone is 4. The molecule has 0 aliphatic heterocycles. The van der Waals surface area contributed by atoms with Gasteiger partial charge in [0, 0.05) is 10.7 Å². The lowest BCUT2D eigenvalue weighted by atomic mass is 10.3. The van der Waals surface area contributed by atoms with Crippen molar-refractivity contribution in [2.45, 2.75) is 6.92 Å². The Kier molecular flexibility index (Phi) is 4.14. The number of nitrogens with two attached hydrogens (primary N) is 1. The van der Waals surface area contributed by atoms with Crippen molar-refractivity contribution in [2.75, 3.05) is 0 Å². The maximum atomic E-state index is 5.19. The van der Waals surface area contributed by atoms with Crippen LogP contribution in [0.5, 0.6) is 0 Å². The molecule has 0 aromatic heterocycles. The topological polar surface area (TPSA) is 26.0 Å². The molecule has 9 heavy (non-hydrogen) atoms. The van der Waals surface area contributed by atoms with E-state index in [1.54, 1.807) is 6.08 Å². The molecule has 0 unspecified atom stereocenters. The van der Waals surface area contributed by atoms with Crippen LogP contribution in [-0.4, -0.2) is 0 Å². The molecular formula is C7H10BrN. The zero-order chi connectivity index (χ0) is 7.28. The van der Waals surface area contributed by atoms with Crippen LogP contribution in [0.15, 0.2) is 35.0 Å². The van der Waals surface area contributed by atoms with Crippen molar-refractivity contribution in [2.24, 2.45) is 5.73 Å². The standard InChI is InChI=1S/C7H10BrN/c1-3-6(2)4-7(8)5-9/h3-5H,1,9H2,2H3/b6-4-,7-5+. The van der Waals surface area contributed by atoms with Gasteiger partial charge in [-0.25, -0.2) is 0 Å². The molecule has 0 aromatic carbocycles. The van der Waals surface area contributed by atoms with Crippen molar-refractivity contribution in [1.82, 2.24) is 0 Å². The second-order valence-electron chi connectivity index (χ2n) is 1.64. The van der Waals surface area contributed by atoms with Gasteiger partial charge in [-0.2, -0.15) is 0 Å². The van der Waals surface area contributed by atoms with Crippen LogP contribution in [0.25, 0.3) is 0 Å². The third-order valence-corrected chi connectivity index (χ3v) is 1.34. The van der Waals surface area contributed by atoms with Gasteiger partial charge in [0.05, 0.1) is 0 Å². The number of hydrogen-bond donors (Lipinski definition) is 1. The van der Waals surface area contributed by atoms with Crippen LogP contribution in [-0.2, 0) is 0 Å². The van der Waals surface area contributed by atoms with Crippen molar-refractivity contribution < 1.29 is 0 Å². The van der Waals surface area contributed by atoms with Gasteiger partial charge < -0.3 is 5.73 Å². The molecule has 2 N–H and O–H groups in total. The Morgan fingerprint density at radius 1 is 1.67 bits per heavy atom. The fourth-order valence-electron chi connectivity index (χ4n) is 0.325. The molecule has 0 rings (SSSR count). The average Bonchev–Trinajstić information content (AvgIpc) is 1.87. The summed E-state index contributed by atoms with van der Waals surface area (Å²) >= 11 is 3.23. The minimum atomic E-state index is 0.875. The minimum Gasteiger partial charge on any atom is -0.404 e. The number of rotatable bonds is 2. The lowest BCUT2D eigenvalue weighted by Gasteiger charge is -1.88. The Bertz CT molecular complexity index is 156. The molecule has 0 saturated carbocycles. The third-order valence-electron chi connectivity index (χ3n) is 0.847. The van der Waals surface area contributed by atoms with Crippen LogP contribution in [0.4, 0.5) is 0 Å². The highest BCUT2D eigenvalue weighted by Crippen LogP contribution is 2.07. The second-order valence-corrected chi connectivity index (χ2v) is 2.56. The fourth-order valence-corrected chi connectivity index (χ4v) is 0.686. The van der Waals surface area contributed by atoms with Crippen molar-refractivity contribution in [3.8, 4) is 0 Å². The van der Waals surface area contributed by atoms with Gasteiger partial charge in [-0.1, -0.05) is 18.2 Å². The first-order valence-electron chi connectivity index (χ1n) is 2.59. The van der Waals surface area contributed by atoms with Crippen LogP contribution in [0, 0.1) is 0 Å². The van der Waals surface area contributed by atoms with E-state index in [-0.39, 0.29) is 0 Å². The highest BCUT2D eigenvalue weighted by Gasteiger charge is 1.82. The summed E-state index contributed by atoms with van der Waals surface area (Å²) in [5, 5.41) is 0. The predicted octanol–water partition coefficient (Wildman–Crippen LogP) is 2.31. The van der Waals surface area contributed by atoms with Gasteiger partial charge in [0.15, 0.2) is 0 Å². The zero-order valence-electron chi connectivity index (χ0n) is 5.39. The molecule has 0 radical (unpaired) electrons. The molecule has 0 heterocycles. The number of hydrogen-bond acceptors (Lipinski definition) is 1. The average molecular weight is 188 g/mol. The lowest BCUT2D eigenvalue weighted by Crippen LogP contribution is -1.78. The van der Waals surface area contributed by atoms with Crippen LogP contribution in [0.1, 0.15) is 6.92 Å². The molecule has 2 heteroatoms. The molecule has 1 nitrogen and oxygen atoms in total. The molecule has 0 spiro atoms. The number of halogens is 1. The van der Waals surface area contributed by atoms with Crippen LogP contribution < -0.4 is 5.73 Å². The van der Waals surface area contributed by atoms with Gasteiger partial charge >= 0.3 is 0 Å². The molecule has 0 atom stereocenters.